The van der Waals surface area contributed by atoms with Crippen LogP contribution in [0.15, 0.2) is 18.2 Å². The fourth-order valence-electron chi connectivity index (χ4n) is 3.54. The summed E-state index contributed by atoms with van der Waals surface area (Å²) in [6, 6.07) is 5.59. The number of rotatable bonds is 7. The second kappa shape index (κ2) is 7.00. The van der Waals surface area contributed by atoms with Crippen LogP contribution < -0.4 is 9.46 Å². The zero-order valence-electron chi connectivity index (χ0n) is 14.2. The van der Waals surface area contributed by atoms with Gasteiger partial charge in [-0.1, -0.05) is 26.0 Å². The number of ether oxygens (including phenoxy) is 1. The first-order valence-corrected chi connectivity index (χ1v) is 10.1. The van der Waals surface area contributed by atoms with Gasteiger partial charge in [0.25, 0.3) is 10.2 Å². The number of aliphatic hydroxyl groups is 1. The van der Waals surface area contributed by atoms with E-state index in [2.05, 4.69) is 4.72 Å². The van der Waals surface area contributed by atoms with E-state index in [0.29, 0.717) is 32.5 Å². The number of hydrogen-bond acceptors (Lipinski definition) is 4. The predicted octanol–water partition coefficient (Wildman–Crippen LogP) is 1.61. The number of nitrogens with one attached hydrogen (secondary N) is 1. The molecule has 1 fully saturated rings. The Kier molecular flexibility index (Phi) is 5.15. The van der Waals surface area contributed by atoms with Crippen LogP contribution in [0.2, 0.25) is 0 Å². The lowest BCUT2D eigenvalue weighted by Crippen LogP contribution is -2.47. The highest BCUT2D eigenvalue weighted by molar-refractivity contribution is 7.87. The number of benzene rings is 1. The third-order valence-electron chi connectivity index (χ3n) is 5.01. The van der Waals surface area contributed by atoms with Gasteiger partial charge in [0, 0.05) is 19.5 Å². The monoisotopic (exact) mass is 354 g/mol. The summed E-state index contributed by atoms with van der Waals surface area (Å²) in [6.07, 6.45) is 1.78. The van der Waals surface area contributed by atoms with E-state index in [1.54, 1.807) is 0 Å². The Morgan fingerprint density at radius 2 is 2.04 bits per heavy atom. The molecule has 2 N–H and O–H groups in total. The maximum Gasteiger partial charge on any atom is 0.279 e. The molecule has 24 heavy (non-hydrogen) atoms. The third kappa shape index (κ3) is 3.44. The Morgan fingerprint density at radius 3 is 2.67 bits per heavy atom. The average molecular weight is 354 g/mol. The minimum atomic E-state index is -3.55. The Hall–Kier alpha value is -1.15. The normalized spacial score (nSPS) is 24.3. The first-order chi connectivity index (χ1) is 11.4. The molecule has 1 heterocycles. The minimum Gasteiger partial charge on any atom is -0.493 e. The zero-order valence-corrected chi connectivity index (χ0v) is 15.1. The van der Waals surface area contributed by atoms with Gasteiger partial charge in [-0.25, -0.2) is 0 Å². The molecule has 0 aromatic heterocycles. The fourth-order valence-corrected chi connectivity index (χ4v) is 5.02. The maximum absolute atomic E-state index is 12.7. The van der Waals surface area contributed by atoms with Crippen molar-refractivity contribution in [1.29, 1.82) is 0 Å². The molecule has 3 rings (SSSR count). The lowest BCUT2D eigenvalue weighted by atomic mass is 9.75. The molecule has 0 bridgehead atoms. The van der Waals surface area contributed by atoms with Gasteiger partial charge in [-0.15, -0.1) is 0 Å². The summed E-state index contributed by atoms with van der Waals surface area (Å²) >= 11 is 0. The molecule has 0 saturated heterocycles. The smallest absolute Gasteiger partial charge is 0.279 e. The molecule has 1 aliphatic carbocycles. The van der Waals surface area contributed by atoms with Crippen molar-refractivity contribution in [1.82, 2.24) is 9.03 Å². The van der Waals surface area contributed by atoms with E-state index in [0.717, 1.165) is 23.3 Å². The highest BCUT2D eigenvalue weighted by Crippen LogP contribution is 2.40. The number of nitrogens with zero attached hydrogens (tertiary/aromatic N) is 1. The molecule has 1 aliphatic heterocycles. The van der Waals surface area contributed by atoms with Crippen LogP contribution >= 0.6 is 0 Å². The quantitative estimate of drug-likeness (QED) is 0.780. The van der Waals surface area contributed by atoms with Crippen molar-refractivity contribution in [3.8, 4) is 5.75 Å². The molecule has 1 atom stereocenters. The van der Waals surface area contributed by atoms with Gasteiger partial charge < -0.3 is 9.84 Å². The van der Waals surface area contributed by atoms with Gasteiger partial charge in [-0.3, -0.25) is 0 Å². The zero-order chi connectivity index (χ0) is 17.3. The summed E-state index contributed by atoms with van der Waals surface area (Å²) < 4.78 is 35.2. The van der Waals surface area contributed by atoms with Gasteiger partial charge in [-0.05, 0) is 36.0 Å². The molecule has 2 aliphatic rings. The van der Waals surface area contributed by atoms with Gasteiger partial charge in [0.2, 0.25) is 0 Å². The molecule has 1 aromatic rings. The average Bonchev–Trinajstić information content (AvgIpc) is 2.98. The Morgan fingerprint density at radius 1 is 1.33 bits per heavy atom. The van der Waals surface area contributed by atoms with Crippen molar-refractivity contribution >= 4 is 10.2 Å². The van der Waals surface area contributed by atoms with Gasteiger partial charge in [0.1, 0.15) is 5.75 Å². The molecule has 0 radical (unpaired) electrons. The Labute approximate surface area is 144 Å². The molecular weight excluding hydrogens is 328 g/mol. The van der Waals surface area contributed by atoms with E-state index in [9.17, 15) is 13.5 Å². The van der Waals surface area contributed by atoms with E-state index >= 15 is 0 Å². The topological polar surface area (TPSA) is 78.9 Å². The van der Waals surface area contributed by atoms with Crippen LogP contribution in [0.3, 0.4) is 0 Å². The minimum absolute atomic E-state index is 0.116. The van der Waals surface area contributed by atoms with Crippen LogP contribution in [-0.4, -0.2) is 43.6 Å². The van der Waals surface area contributed by atoms with E-state index in [-0.39, 0.29) is 18.1 Å². The Bertz CT molecular complexity index is 682. The second-order valence-electron chi connectivity index (χ2n) is 6.54. The molecular formula is C17H26N2O4S. The van der Waals surface area contributed by atoms with Gasteiger partial charge in [-0.2, -0.15) is 17.4 Å². The summed E-state index contributed by atoms with van der Waals surface area (Å²) in [5, 5.41) is 9.66. The summed E-state index contributed by atoms with van der Waals surface area (Å²) in [5.41, 5.74) is 2.08. The van der Waals surface area contributed by atoms with Crippen LogP contribution in [0.5, 0.6) is 5.75 Å². The second-order valence-corrected chi connectivity index (χ2v) is 8.24. The molecule has 0 spiro atoms. The lowest BCUT2D eigenvalue weighted by Gasteiger charge is -2.39. The van der Waals surface area contributed by atoms with E-state index < -0.39 is 10.2 Å². The van der Waals surface area contributed by atoms with Gasteiger partial charge >= 0.3 is 0 Å². The first kappa shape index (κ1) is 17.7. The molecule has 134 valence electrons. The predicted molar refractivity (Wildman–Crippen MR) is 92.1 cm³/mol. The largest absolute Gasteiger partial charge is 0.493 e. The Balaban J connectivity index is 1.87. The number of hydrogen-bond donors (Lipinski definition) is 2. The van der Waals surface area contributed by atoms with E-state index in [4.69, 9.17) is 4.74 Å². The van der Waals surface area contributed by atoms with Gasteiger partial charge in [0.05, 0.1) is 18.8 Å². The molecule has 7 heteroatoms. The summed E-state index contributed by atoms with van der Waals surface area (Å²) in [4.78, 5) is 0. The molecule has 0 unspecified atom stereocenters. The van der Waals surface area contributed by atoms with E-state index in [1.807, 2.05) is 32.0 Å². The van der Waals surface area contributed by atoms with Crippen molar-refractivity contribution in [3.63, 3.8) is 0 Å². The number of fused-ring (bicyclic) bond motifs is 1. The first-order valence-electron chi connectivity index (χ1n) is 8.65. The van der Waals surface area contributed by atoms with Crippen molar-refractivity contribution < 1.29 is 18.3 Å². The van der Waals surface area contributed by atoms with E-state index in [1.165, 1.54) is 4.31 Å². The van der Waals surface area contributed by atoms with Crippen molar-refractivity contribution in [2.24, 2.45) is 5.92 Å². The van der Waals surface area contributed by atoms with Crippen molar-refractivity contribution in [3.05, 3.63) is 29.3 Å². The van der Waals surface area contributed by atoms with Crippen LogP contribution in [0.4, 0.5) is 0 Å². The fraction of sp³-hybridized carbons (Fsp3) is 0.647. The summed E-state index contributed by atoms with van der Waals surface area (Å²) in [7, 11) is -3.55. The van der Waals surface area contributed by atoms with Crippen LogP contribution in [0, 0.1) is 5.92 Å². The highest BCUT2D eigenvalue weighted by Gasteiger charge is 2.38. The molecule has 1 saturated carbocycles. The third-order valence-corrected chi connectivity index (χ3v) is 6.76. The lowest BCUT2D eigenvalue weighted by molar-refractivity contribution is 0.0277. The molecule has 1 aromatic carbocycles. The van der Waals surface area contributed by atoms with Gasteiger partial charge in [0.15, 0.2) is 0 Å². The SMILES string of the molecule is CCN(CC)S(=O)(=O)N[C@@H](c1ccc2c(c1)CCO2)C1CC(O)C1. The maximum atomic E-state index is 12.7. The molecule has 0 amide bonds. The van der Waals surface area contributed by atoms with Crippen LogP contribution in [0.25, 0.3) is 0 Å². The highest BCUT2D eigenvalue weighted by atomic mass is 32.2. The van der Waals surface area contributed by atoms with Crippen LogP contribution in [0.1, 0.15) is 43.9 Å². The number of aliphatic hydroxyl groups excluding tert-OH is 1. The van der Waals surface area contributed by atoms with Crippen molar-refractivity contribution in [2.75, 3.05) is 19.7 Å². The standard InChI is InChI=1S/C17H26N2O4S/c1-3-19(4-2)24(21,22)18-17(14-10-15(20)11-14)13-5-6-16-12(9-13)7-8-23-16/h5-6,9,14-15,17-18,20H,3-4,7-8,10-11H2,1-2H3/t14?,15?,17-/m0/s1. The van der Waals surface area contributed by atoms with Crippen molar-refractivity contribution in [2.45, 2.75) is 45.3 Å². The summed E-state index contributed by atoms with van der Waals surface area (Å²) in [5.74, 6) is 1.00. The van der Waals surface area contributed by atoms with Crippen LogP contribution in [-0.2, 0) is 16.6 Å². The molecule has 6 nitrogen and oxygen atoms in total. The summed E-state index contributed by atoms with van der Waals surface area (Å²) in [6.45, 7) is 5.21.